The van der Waals surface area contributed by atoms with E-state index in [1.165, 1.54) is 0 Å². The first-order chi connectivity index (χ1) is 5.08. The minimum Gasteiger partial charge on any atom is -0.288 e. The molecule has 0 aliphatic rings. The van der Waals surface area contributed by atoms with E-state index in [1.54, 1.807) is 0 Å². The lowest BCUT2D eigenvalue weighted by Gasteiger charge is -2.10. The van der Waals surface area contributed by atoms with E-state index in [-0.39, 0.29) is 5.88 Å². The molecule has 5 N–H and O–H groups in total. The Hall–Kier alpha value is 0.610. The molecule has 0 aromatic rings. The number of carbonyl (C=O) groups is 1. The van der Waals surface area contributed by atoms with Gasteiger partial charge in [0, 0.05) is 23.1 Å². The SMILES string of the molecule is NSP(=O)(NC(=O)CCl)SN. The van der Waals surface area contributed by atoms with Crippen LogP contribution in [-0.4, -0.2) is 11.8 Å². The van der Waals surface area contributed by atoms with E-state index < -0.39 is 11.6 Å². The van der Waals surface area contributed by atoms with Gasteiger partial charge in [-0.15, -0.1) is 11.6 Å². The topological polar surface area (TPSA) is 98.2 Å². The van der Waals surface area contributed by atoms with Gasteiger partial charge >= 0.3 is 5.70 Å². The molecular weight excluding hydrogens is 229 g/mol. The molecule has 9 heteroatoms. The average Bonchev–Trinajstić information content (AvgIpc) is 2.04. The van der Waals surface area contributed by atoms with Gasteiger partial charge < -0.3 is 0 Å². The van der Waals surface area contributed by atoms with Crippen LogP contribution >= 0.6 is 40.4 Å². The van der Waals surface area contributed by atoms with Crippen molar-refractivity contribution in [1.82, 2.24) is 5.09 Å². The molecule has 0 aromatic carbocycles. The van der Waals surface area contributed by atoms with Gasteiger partial charge in [0.25, 0.3) is 0 Å². The third-order valence-electron chi connectivity index (χ3n) is 0.661. The molecule has 0 bridgehead atoms. The zero-order chi connectivity index (χ0) is 8.91. The molecule has 1 amide bonds. The summed E-state index contributed by atoms with van der Waals surface area (Å²) >= 11 is 6.18. The molecule has 0 unspecified atom stereocenters. The lowest BCUT2D eigenvalue weighted by Crippen LogP contribution is -2.20. The van der Waals surface area contributed by atoms with Gasteiger partial charge in [-0.1, -0.05) is 0 Å². The first-order valence-electron chi connectivity index (χ1n) is 2.32. The number of rotatable bonds is 4. The maximum absolute atomic E-state index is 11.2. The van der Waals surface area contributed by atoms with Crippen LogP contribution in [0.1, 0.15) is 0 Å². The molecule has 0 heterocycles. The molecule has 0 radical (unpaired) electrons. The molecular formula is C2H7ClN3O2PS2. The van der Waals surface area contributed by atoms with Crippen molar-refractivity contribution in [3.8, 4) is 0 Å². The molecule has 0 atom stereocenters. The predicted molar refractivity (Wildman–Crippen MR) is 50.0 cm³/mol. The average molecular weight is 236 g/mol. The normalized spacial score (nSPS) is 11.2. The third-order valence-corrected chi connectivity index (χ3v) is 5.74. The van der Waals surface area contributed by atoms with Gasteiger partial charge in [0.2, 0.25) is 5.91 Å². The zero-order valence-electron chi connectivity index (χ0n) is 5.32. The number of amides is 1. The first-order valence-corrected chi connectivity index (χ1v) is 7.53. The Labute approximate surface area is 77.2 Å². The van der Waals surface area contributed by atoms with Crippen LogP contribution in [0, 0.1) is 0 Å². The summed E-state index contributed by atoms with van der Waals surface area (Å²) in [5.74, 6) is -0.809. The van der Waals surface area contributed by atoms with E-state index >= 15 is 0 Å². The molecule has 0 aliphatic carbocycles. The van der Waals surface area contributed by atoms with Gasteiger partial charge in [-0.2, -0.15) is 0 Å². The fourth-order valence-corrected chi connectivity index (χ4v) is 2.48. The van der Waals surface area contributed by atoms with Gasteiger partial charge in [-0.25, -0.2) is 0 Å². The maximum Gasteiger partial charge on any atom is 0.308 e. The van der Waals surface area contributed by atoms with E-state index in [1.807, 2.05) is 0 Å². The lowest BCUT2D eigenvalue weighted by atomic mass is 10.8. The lowest BCUT2D eigenvalue weighted by molar-refractivity contribution is -0.116. The Bertz CT molecular complexity index is 182. The van der Waals surface area contributed by atoms with Crippen LogP contribution in [0.3, 0.4) is 0 Å². The van der Waals surface area contributed by atoms with Crippen LogP contribution in [0.2, 0.25) is 0 Å². The second-order valence-electron chi connectivity index (χ2n) is 1.38. The van der Waals surface area contributed by atoms with Gasteiger partial charge in [0.05, 0.1) is 0 Å². The van der Waals surface area contributed by atoms with Crippen LogP contribution < -0.4 is 15.4 Å². The fraction of sp³-hybridized carbons (Fsp3) is 0.500. The highest BCUT2D eigenvalue weighted by atomic mass is 35.5. The summed E-state index contributed by atoms with van der Waals surface area (Å²) in [7, 11) is 0. The Morgan fingerprint density at radius 3 is 2.27 bits per heavy atom. The number of halogens is 1. The van der Waals surface area contributed by atoms with Crippen LogP contribution in [-0.2, 0) is 9.36 Å². The van der Waals surface area contributed by atoms with Crippen LogP contribution in [0.15, 0.2) is 0 Å². The first kappa shape index (κ1) is 11.6. The van der Waals surface area contributed by atoms with Crippen molar-refractivity contribution in [2.75, 3.05) is 5.88 Å². The Morgan fingerprint density at radius 1 is 1.55 bits per heavy atom. The highest BCUT2D eigenvalue weighted by molar-refractivity contribution is 8.89. The van der Waals surface area contributed by atoms with Gasteiger partial charge in [0.1, 0.15) is 5.88 Å². The second kappa shape index (κ2) is 5.29. The summed E-state index contributed by atoms with van der Waals surface area (Å²) in [5, 5.41) is 12.1. The molecule has 0 aromatic heterocycles. The molecule has 5 nitrogen and oxygen atoms in total. The predicted octanol–water partition coefficient (Wildman–Crippen LogP) is 0.663. The van der Waals surface area contributed by atoms with Gasteiger partial charge in [0.15, 0.2) is 0 Å². The number of nitrogens with one attached hydrogen (secondary N) is 1. The smallest absolute Gasteiger partial charge is 0.288 e. The molecule has 0 rings (SSSR count). The number of alkyl halides is 1. The van der Waals surface area contributed by atoms with Crippen molar-refractivity contribution >= 4 is 46.3 Å². The number of hydrogen-bond donors (Lipinski definition) is 3. The molecule has 0 saturated heterocycles. The van der Waals surface area contributed by atoms with Crippen molar-refractivity contribution in [2.45, 2.75) is 0 Å². The largest absolute Gasteiger partial charge is 0.308 e. The quantitative estimate of drug-likeness (QED) is 0.376. The third kappa shape index (κ3) is 4.25. The van der Waals surface area contributed by atoms with Crippen molar-refractivity contribution in [3.63, 3.8) is 0 Å². The Kier molecular flexibility index (Phi) is 5.58. The zero-order valence-corrected chi connectivity index (χ0v) is 8.60. The van der Waals surface area contributed by atoms with Crippen molar-refractivity contribution in [3.05, 3.63) is 0 Å². The molecule has 11 heavy (non-hydrogen) atoms. The van der Waals surface area contributed by atoms with Gasteiger partial charge in [-0.05, 0) is 0 Å². The maximum atomic E-state index is 11.2. The van der Waals surface area contributed by atoms with Crippen molar-refractivity contribution < 1.29 is 9.36 Å². The van der Waals surface area contributed by atoms with E-state index in [0.29, 0.717) is 23.1 Å². The van der Waals surface area contributed by atoms with Gasteiger partial charge in [-0.3, -0.25) is 24.7 Å². The Morgan fingerprint density at radius 2 is 2.00 bits per heavy atom. The molecule has 0 saturated carbocycles. The molecule has 66 valence electrons. The van der Waals surface area contributed by atoms with E-state index in [0.717, 1.165) is 0 Å². The molecule has 0 spiro atoms. The summed E-state index contributed by atoms with van der Waals surface area (Å²) in [4.78, 5) is 10.6. The Balaban J connectivity index is 4.09. The molecule has 0 aliphatic heterocycles. The highest BCUT2D eigenvalue weighted by Crippen LogP contribution is 2.60. The standard InChI is InChI=1S/C2H7ClN3O2PS2/c3-1-2(7)6-9(8,10-4)11-5/h1,4-5H2,(H,6,7,8). The number of nitrogens with two attached hydrogens (primary N) is 2. The fourth-order valence-electron chi connectivity index (χ4n) is 0.260. The summed E-state index contributed by atoms with van der Waals surface area (Å²) < 4.78 is 11.2. The van der Waals surface area contributed by atoms with Crippen LogP contribution in [0.4, 0.5) is 0 Å². The van der Waals surface area contributed by atoms with E-state index in [9.17, 15) is 9.36 Å². The summed E-state index contributed by atoms with van der Waals surface area (Å²) in [6.07, 6.45) is 0. The van der Waals surface area contributed by atoms with Crippen LogP contribution in [0.5, 0.6) is 0 Å². The highest BCUT2D eigenvalue weighted by Gasteiger charge is 2.22. The minimum atomic E-state index is -3.05. The van der Waals surface area contributed by atoms with E-state index in [4.69, 9.17) is 21.9 Å². The van der Waals surface area contributed by atoms with Crippen molar-refractivity contribution in [1.29, 1.82) is 0 Å². The number of hydrogen-bond acceptors (Lipinski definition) is 6. The minimum absolute atomic E-state index is 0.259. The van der Waals surface area contributed by atoms with Crippen LogP contribution in [0.25, 0.3) is 0 Å². The van der Waals surface area contributed by atoms with E-state index in [2.05, 4.69) is 5.09 Å². The van der Waals surface area contributed by atoms with Crippen molar-refractivity contribution in [2.24, 2.45) is 10.3 Å². The summed E-state index contributed by atoms with van der Waals surface area (Å²) in [5.41, 5.74) is -3.05. The molecule has 0 fully saturated rings. The second-order valence-corrected chi connectivity index (χ2v) is 8.33. The summed E-state index contributed by atoms with van der Waals surface area (Å²) in [6, 6.07) is 0. The monoisotopic (exact) mass is 235 g/mol. The summed E-state index contributed by atoms with van der Waals surface area (Å²) in [6.45, 7) is 0. The number of carbonyl (C=O) groups excluding carboxylic acids is 1.